The Morgan fingerprint density at radius 3 is 2.57 bits per heavy atom. The maximum Gasteiger partial charge on any atom is 0.341 e. The molecule has 0 radical (unpaired) electrons. The lowest BCUT2D eigenvalue weighted by molar-refractivity contribution is 0.0597. The number of halogens is 1. The molecule has 1 aromatic carbocycles. The number of carbonyl (C=O) groups excluding carboxylic acids is 1. The molecule has 0 heterocycles. The molecule has 14 heavy (non-hydrogen) atoms. The van der Waals surface area contributed by atoms with Crippen LogP contribution >= 0.6 is 15.9 Å². The minimum atomic E-state index is -0.592. The molecular weight excluding hydrogens is 252 g/mol. The third kappa shape index (κ3) is 1.98. The van der Waals surface area contributed by atoms with Crippen LogP contribution in [0.3, 0.4) is 0 Å². The highest BCUT2D eigenvalue weighted by Gasteiger charge is 2.14. The summed E-state index contributed by atoms with van der Waals surface area (Å²) >= 11 is 3.20. The van der Waals surface area contributed by atoms with Crippen molar-refractivity contribution in [2.75, 3.05) is 14.2 Å². The van der Waals surface area contributed by atoms with Gasteiger partial charge in [0.05, 0.1) is 18.7 Å². The molecule has 0 atom stereocenters. The van der Waals surface area contributed by atoms with Gasteiger partial charge in [0.2, 0.25) is 0 Å². The second-order valence-corrected chi connectivity index (χ2v) is 3.35. The number of phenols is 1. The minimum Gasteiger partial charge on any atom is -0.507 e. The van der Waals surface area contributed by atoms with E-state index in [2.05, 4.69) is 20.7 Å². The van der Waals surface area contributed by atoms with Gasteiger partial charge in [0, 0.05) is 6.07 Å². The van der Waals surface area contributed by atoms with E-state index in [1.165, 1.54) is 26.4 Å². The quantitative estimate of drug-likeness (QED) is 0.826. The fourth-order valence-electron chi connectivity index (χ4n) is 0.973. The molecule has 0 aromatic heterocycles. The summed E-state index contributed by atoms with van der Waals surface area (Å²) in [4.78, 5) is 11.1. The lowest BCUT2D eigenvalue weighted by atomic mass is 10.2. The number of benzene rings is 1. The molecule has 4 nitrogen and oxygen atoms in total. The largest absolute Gasteiger partial charge is 0.507 e. The van der Waals surface area contributed by atoms with Crippen LogP contribution in [0.2, 0.25) is 0 Å². The molecule has 1 N–H and O–H groups in total. The van der Waals surface area contributed by atoms with E-state index >= 15 is 0 Å². The molecule has 0 aliphatic carbocycles. The van der Waals surface area contributed by atoms with Crippen LogP contribution in [0.4, 0.5) is 0 Å². The highest BCUT2D eigenvalue weighted by atomic mass is 79.9. The Hall–Kier alpha value is -1.23. The number of carbonyl (C=O) groups is 1. The summed E-state index contributed by atoms with van der Waals surface area (Å²) in [6.07, 6.45) is 0. The topological polar surface area (TPSA) is 55.8 Å². The smallest absolute Gasteiger partial charge is 0.341 e. The van der Waals surface area contributed by atoms with Crippen LogP contribution in [0, 0.1) is 0 Å². The fourth-order valence-corrected chi connectivity index (χ4v) is 1.48. The van der Waals surface area contributed by atoms with Crippen LogP contribution in [0.25, 0.3) is 0 Å². The van der Waals surface area contributed by atoms with Crippen molar-refractivity contribution in [3.63, 3.8) is 0 Å². The molecule has 0 aliphatic rings. The first-order chi connectivity index (χ1) is 6.60. The van der Waals surface area contributed by atoms with E-state index in [1.54, 1.807) is 0 Å². The monoisotopic (exact) mass is 260 g/mol. The summed E-state index contributed by atoms with van der Waals surface area (Å²) in [5, 5.41) is 9.45. The summed E-state index contributed by atoms with van der Waals surface area (Å²) in [5.74, 6) is -0.307. The van der Waals surface area contributed by atoms with Crippen LogP contribution in [0.15, 0.2) is 16.6 Å². The molecule has 0 fully saturated rings. The molecule has 0 amide bonds. The fraction of sp³-hybridized carbons (Fsp3) is 0.222. The summed E-state index contributed by atoms with van der Waals surface area (Å²) in [7, 11) is 2.72. The summed E-state index contributed by atoms with van der Waals surface area (Å²) in [5.41, 5.74) is 0.0974. The first-order valence-corrected chi connectivity index (χ1v) is 4.54. The van der Waals surface area contributed by atoms with Gasteiger partial charge in [-0.05, 0) is 22.0 Å². The maximum absolute atomic E-state index is 11.1. The van der Waals surface area contributed by atoms with Crippen LogP contribution in [-0.4, -0.2) is 25.3 Å². The number of aromatic hydroxyl groups is 1. The Balaban J connectivity index is 3.21. The lowest BCUT2D eigenvalue weighted by Gasteiger charge is -2.07. The van der Waals surface area contributed by atoms with Crippen molar-refractivity contribution in [1.29, 1.82) is 0 Å². The average molecular weight is 261 g/mol. The zero-order chi connectivity index (χ0) is 10.7. The summed E-state index contributed by atoms with van der Waals surface area (Å²) < 4.78 is 10.0. The molecular formula is C9H9BrO4. The van der Waals surface area contributed by atoms with Crippen LogP contribution in [0.1, 0.15) is 10.4 Å². The number of phenolic OH excluding ortho intramolecular Hbond substituents is 1. The Morgan fingerprint density at radius 2 is 2.07 bits per heavy atom. The Morgan fingerprint density at radius 1 is 1.43 bits per heavy atom. The van der Waals surface area contributed by atoms with Gasteiger partial charge in [-0.25, -0.2) is 4.79 Å². The van der Waals surface area contributed by atoms with Crippen molar-refractivity contribution < 1.29 is 19.4 Å². The number of hydrogen-bond donors (Lipinski definition) is 1. The zero-order valence-corrected chi connectivity index (χ0v) is 9.29. The molecule has 0 saturated heterocycles. The van der Waals surface area contributed by atoms with E-state index in [1.807, 2.05) is 0 Å². The Kier molecular flexibility index (Phi) is 3.35. The second kappa shape index (κ2) is 4.32. The van der Waals surface area contributed by atoms with Crippen molar-refractivity contribution in [3.05, 3.63) is 22.2 Å². The van der Waals surface area contributed by atoms with Crippen molar-refractivity contribution >= 4 is 21.9 Å². The first-order valence-electron chi connectivity index (χ1n) is 3.75. The van der Waals surface area contributed by atoms with Crippen molar-refractivity contribution in [3.8, 4) is 11.5 Å². The predicted octanol–water partition coefficient (Wildman–Crippen LogP) is 1.95. The number of ether oxygens (including phenoxy) is 2. The summed E-state index contributed by atoms with van der Waals surface area (Å²) in [6.45, 7) is 0. The van der Waals surface area contributed by atoms with Gasteiger partial charge in [0.25, 0.3) is 0 Å². The molecule has 0 spiro atoms. The van der Waals surface area contributed by atoms with E-state index < -0.39 is 5.97 Å². The average Bonchev–Trinajstić information content (AvgIpc) is 2.19. The first kappa shape index (κ1) is 10.8. The highest BCUT2D eigenvalue weighted by molar-refractivity contribution is 9.10. The van der Waals surface area contributed by atoms with Crippen LogP contribution in [0.5, 0.6) is 11.5 Å². The second-order valence-electron chi connectivity index (χ2n) is 2.50. The molecule has 0 unspecified atom stereocenters. The normalized spacial score (nSPS) is 9.64. The van der Waals surface area contributed by atoms with Gasteiger partial charge in [-0.2, -0.15) is 0 Å². The zero-order valence-electron chi connectivity index (χ0n) is 7.70. The molecule has 76 valence electrons. The lowest BCUT2D eigenvalue weighted by Crippen LogP contribution is -2.02. The molecule has 1 rings (SSSR count). The Labute approximate surface area is 89.6 Å². The molecule has 0 aliphatic heterocycles. The van der Waals surface area contributed by atoms with Crippen LogP contribution in [-0.2, 0) is 4.74 Å². The summed E-state index contributed by atoms with van der Waals surface area (Å²) in [6, 6.07) is 2.79. The number of esters is 1. The third-order valence-electron chi connectivity index (χ3n) is 1.68. The number of hydrogen-bond acceptors (Lipinski definition) is 4. The number of rotatable bonds is 2. The molecule has 1 aromatic rings. The van der Waals surface area contributed by atoms with Gasteiger partial charge < -0.3 is 14.6 Å². The standard InChI is InChI=1S/C9H9BrO4/c1-13-8-4-7(11)5(3-6(8)10)9(12)14-2/h3-4,11H,1-2H3. The Bertz CT molecular complexity index is 362. The van der Waals surface area contributed by atoms with Crippen molar-refractivity contribution in [2.45, 2.75) is 0 Å². The van der Waals surface area contributed by atoms with E-state index in [9.17, 15) is 9.90 Å². The van der Waals surface area contributed by atoms with Gasteiger partial charge in [0.1, 0.15) is 17.1 Å². The van der Waals surface area contributed by atoms with E-state index in [0.29, 0.717) is 10.2 Å². The molecule has 5 heteroatoms. The SMILES string of the molecule is COC(=O)c1cc(Br)c(OC)cc1O. The molecule has 0 saturated carbocycles. The van der Waals surface area contributed by atoms with Gasteiger partial charge in [0.15, 0.2) is 0 Å². The van der Waals surface area contributed by atoms with Crippen LogP contribution < -0.4 is 4.74 Å². The van der Waals surface area contributed by atoms with Crippen molar-refractivity contribution in [2.24, 2.45) is 0 Å². The third-order valence-corrected chi connectivity index (χ3v) is 2.30. The van der Waals surface area contributed by atoms with Gasteiger partial charge in [-0.1, -0.05) is 0 Å². The van der Waals surface area contributed by atoms with Crippen molar-refractivity contribution in [1.82, 2.24) is 0 Å². The highest BCUT2D eigenvalue weighted by Crippen LogP contribution is 2.32. The molecule has 0 bridgehead atoms. The van der Waals surface area contributed by atoms with Gasteiger partial charge >= 0.3 is 5.97 Å². The van der Waals surface area contributed by atoms with E-state index in [4.69, 9.17) is 4.74 Å². The van der Waals surface area contributed by atoms with Gasteiger partial charge in [-0.3, -0.25) is 0 Å². The van der Waals surface area contributed by atoms with E-state index in [-0.39, 0.29) is 11.3 Å². The minimum absolute atomic E-state index is 0.0974. The maximum atomic E-state index is 11.1. The number of methoxy groups -OCH3 is 2. The predicted molar refractivity (Wildman–Crippen MR) is 53.7 cm³/mol. The van der Waals surface area contributed by atoms with E-state index in [0.717, 1.165) is 0 Å². The van der Waals surface area contributed by atoms with Gasteiger partial charge in [-0.15, -0.1) is 0 Å².